The Labute approximate surface area is 144 Å². The van der Waals surface area contributed by atoms with Gasteiger partial charge < -0.3 is 10.2 Å². The molecule has 2 rings (SSSR count). The smallest absolute Gasteiger partial charge is 0.325 e. The van der Waals surface area contributed by atoms with E-state index in [9.17, 15) is 14.4 Å². The minimum Gasteiger partial charge on any atom is -0.325 e. The summed E-state index contributed by atoms with van der Waals surface area (Å²) in [6, 6.07) is 9.11. The molecule has 0 aliphatic heterocycles. The molecule has 0 atom stereocenters. The summed E-state index contributed by atoms with van der Waals surface area (Å²) in [5.74, 6) is -0.431. The number of carbonyl (C=O) groups excluding carboxylic acids is 1. The Bertz CT molecular complexity index is 904. The fourth-order valence-corrected chi connectivity index (χ4v) is 2.17. The van der Waals surface area contributed by atoms with Crippen LogP contribution in [0.5, 0.6) is 0 Å². The topological polar surface area (TPSA) is 111 Å². The van der Waals surface area contributed by atoms with Crippen LogP contribution < -0.4 is 16.6 Å². The van der Waals surface area contributed by atoms with Crippen molar-refractivity contribution >= 4 is 11.6 Å². The molecule has 0 fully saturated rings. The van der Waals surface area contributed by atoms with Crippen LogP contribution in [-0.4, -0.2) is 41.0 Å². The zero-order valence-electron chi connectivity index (χ0n) is 14.1. The van der Waals surface area contributed by atoms with Crippen molar-refractivity contribution in [2.24, 2.45) is 0 Å². The Kier molecular flexibility index (Phi) is 5.87. The van der Waals surface area contributed by atoms with Crippen molar-refractivity contribution in [1.29, 1.82) is 5.26 Å². The van der Waals surface area contributed by atoms with Crippen molar-refractivity contribution < 1.29 is 4.79 Å². The zero-order valence-corrected chi connectivity index (χ0v) is 14.1. The summed E-state index contributed by atoms with van der Waals surface area (Å²) in [6.45, 7) is 0.634. The Balaban J connectivity index is 2.02. The number of nitrogens with zero attached hydrogens (tertiary/aromatic N) is 3. The number of anilines is 1. The van der Waals surface area contributed by atoms with Gasteiger partial charge in [0.15, 0.2) is 0 Å². The molecule has 2 N–H and O–H groups in total. The summed E-state index contributed by atoms with van der Waals surface area (Å²) >= 11 is 0. The van der Waals surface area contributed by atoms with Gasteiger partial charge in [-0.05, 0) is 38.2 Å². The quantitative estimate of drug-likeness (QED) is 0.777. The number of aromatic amines is 1. The average Bonchev–Trinajstić information content (AvgIpc) is 2.56. The lowest BCUT2D eigenvalue weighted by Gasteiger charge is -2.10. The van der Waals surface area contributed by atoms with Crippen molar-refractivity contribution in [3.63, 3.8) is 0 Å². The molecule has 8 heteroatoms. The van der Waals surface area contributed by atoms with Gasteiger partial charge in [0.25, 0.3) is 5.56 Å². The molecule has 0 radical (unpaired) electrons. The van der Waals surface area contributed by atoms with Crippen molar-refractivity contribution in [3.8, 4) is 6.07 Å². The second-order valence-corrected chi connectivity index (χ2v) is 5.84. The molecule has 0 spiro atoms. The fraction of sp³-hybridized carbons (Fsp3) is 0.294. The highest BCUT2D eigenvalue weighted by molar-refractivity contribution is 5.90. The molecular weight excluding hydrogens is 322 g/mol. The molecule has 130 valence electrons. The molecule has 0 bridgehead atoms. The first kappa shape index (κ1) is 18.2. The van der Waals surface area contributed by atoms with Gasteiger partial charge in [-0.2, -0.15) is 5.26 Å². The normalized spacial score (nSPS) is 10.5. The maximum Gasteiger partial charge on any atom is 0.328 e. The third kappa shape index (κ3) is 5.16. The minimum atomic E-state index is -0.766. The van der Waals surface area contributed by atoms with Crippen molar-refractivity contribution in [1.82, 2.24) is 14.5 Å². The maximum atomic E-state index is 12.1. The van der Waals surface area contributed by atoms with E-state index in [4.69, 9.17) is 5.26 Å². The first-order chi connectivity index (χ1) is 11.9. The second kappa shape index (κ2) is 8.08. The lowest BCUT2D eigenvalue weighted by molar-refractivity contribution is -0.116. The number of hydrogen-bond acceptors (Lipinski definition) is 5. The fourth-order valence-electron chi connectivity index (χ4n) is 2.17. The van der Waals surface area contributed by atoms with Gasteiger partial charge in [0.2, 0.25) is 5.91 Å². The Morgan fingerprint density at radius 2 is 1.96 bits per heavy atom. The number of likely N-dealkylation sites (N-methyl/N-ethyl adjacent to an activating group) is 1. The lowest BCUT2D eigenvalue weighted by atomic mass is 10.1. The van der Waals surface area contributed by atoms with Gasteiger partial charge in [0.05, 0.1) is 0 Å². The lowest BCUT2D eigenvalue weighted by Crippen LogP contribution is -2.34. The molecule has 25 heavy (non-hydrogen) atoms. The molecular formula is C17H19N5O3. The Morgan fingerprint density at radius 1 is 1.28 bits per heavy atom. The van der Waals surface area contributed by atoms with Crippen LogP contribution in [-0.2, 0) is 17.8 Å². The van der Waals surface area contributed by atoms with Crippen molar-refractivity contribution in [2.75, 3.05) is 26.0 Å². The predicted molar refractivity (Wildman–Crippen MR) is 93.4 cm³/mol. The van der Waals surface area contributed by atoms with E-state index in [1.807, 2.05) is 31.2 Å². The van der Waals surface area contributed by atoms with Crippen LogP contribution in [0.2, 0.25) is 0 Å². The number of H-pyrrole nitrogens is 1. The maximum absolute atomic E-state index is 12.1. The van der Waals surface area contributed by atoms with E-state index < -0.39 is 17.2 Å². The molecule has 0 saturated carbocycles. The number of nitriles is 1. The van der Waals surface area contributed by atoms with E-state index in [-0.39, 0.29) is 12.1 Å². The number of nitrogens with one attached hydrogen (secondary N) is 2. The molecule has 1 aromatic heterocycles. The predicted octanol–water partition coefficient (Wildman–Crippen LogP) is 0.151. The summed E-state index contributed by atoms with van der Waals surface area (Å²) in [6.07, 6.45) is 1.98. The summed E-state index contributed by atoms with van der Waals surface area (Å²) in [4.78, 5) is 39.2. The van der Waals surface area contributed by atoms with Crippen LogP contribution in [0.1, 0.15) is 11.1 Å². The third-order valence-corrected chi connectivity index (χ3v) is 3.53. The highest BCUT2D eigenvalue weighted by Crippen LogP contribution is 2.10. The Morgan fingerprint density at radius 3 is 2.56 bits per heavy atom. The molecule has 0 unspecified atom stereocenters. The summed E-state index contributed by atoms with van der Waals surface area (Å²) in [5, 5.41) is 11.5. The van der Waals surface area contributed by atoms with Crippen LogP contribution in [0.4, 0.5) is 5.69 Å². The molecule has 2 aromatic rings. The van der Waals surface area contributed by atoms with E-state index in [2.05, 4.69) is 10.2 Å². The highest BCUT2D eigenvalue weighted by atomic mass is 16.2. The van der Waals surface area contributed by atoms with Crippen LogP contribution in [0.25, 0.3) is 0 Å². The van der Waals surface area contributed by atoms with E-state index in [0.717, 1.165) is 29.3 Å². The molecule has 1 amide bonds. The number of hydrogen-bond donors (Lipinski definition) is 2. The van der Waals surface area contributed by atoms with E-state index >= 15 is 0 Å². The van der Waals surface area contributed by atoms with Crippen molar-refractivity contribution in [2.45, 2.75) is 13.0 Å². The molecule has 0 aliphatic carbocycles. The van der Waals surface area contributed by atoms with Crippen LogP contribution >= 0.6 is 0 Å². The molecule has 0 aliphatic rings. The zero-order chi connectivity index (χ0) is 18.4. The number of benzene rings is 1. The molecule has 1 heterocycles. The minimum absolute atomic E-state index is 0.224. The SMILES string of the molecule is CN(C)CCc1ccc(NC(=O)Cn2cc(C#N)c(=O)[nH]c2=O)cc1. The number of amides is 1. The van der Waals surface area contributed by atoms with Crippen molar-refractivity contribution in [3.05, 3.63) is 62.4 Å². The Hall–Kier alpha value is -3.18. The second-order valence-electron chi connectivity index (χ2n) is 5.84. The van der Waals surface area contributed by atoms with Gasteiger partial charge in [-0.25, -0.2) is 4.79 Å². The monoisotopic (exact) mass is 341 g/mol. The number of carbonyl (C=O) groups is 1. The highest BCUT2D eigenvalue weighted by Gasteiger charge is 2.09. The average molecular weight is 341 g/mol. The van der Waals surface area contributed by atoms with E-state index in [1.54, 1.807) is 18.2 Å². The summed E-state index contributed by atoms with van der Waals surface area (Å²) < 4.78 is 0.987. The molecule has 1 aromatic carbocycles. The van der Waals surface area contributed by atoms with E-state index in [0.29, 0.717) is 5.69 Å². The number of aromatic nitrogens is 2. The molecule has 0 saturated heterocycles. The largest absolute Gasteiger partial charge is 0.328 e. The van der Waals surface area contributed by atoms with Gasteiger partial charge >= 0.3 is 5.69 Å². The van der Waals surface area contributed by atoms with Gasteiger partial charge in [0.1, 0.15) is 18.2 Å². The van der Waals surface area contributed by atoms with Crippen LogP contribution in [0.3, 0.4) is 0 Å². The third-order valence-electron chi connectivity index (χ3n) is 3.53. The first-order valence-corrected chi connectivity index (χ1v) is 7.66. The van der Waals surface area contributed by atoms with Crippen LogP contribution in [0.15, 0.2) is 40.1 Å². The first-order valence-electron chi connectivity index (χ1n) is 7.66. The summed E-state index contributed by atoms with van der Waals surface area (Å²) in [7, 11) is 4.01. The van der Waals surface area contributed by atoms with Gasteiger partial charge in [-0.1, -0.05) is 12.1 Å². The van der Waals surface area contributed by atoms with E-state index in [1.165, 1.54) is 0 Å². The standard InChI is InChI=1S/C17H19N5O3/c1-21(2)8-7-12-3-5-14(6-4-12)19-15(23)11-22-10-13(9-18)16(24)20-17(22)25/h3-6,10H,7-8,11H2,1-2H3,(H,19,23)(H,20,24,25). The number of rotatable bonds is 6. The van der Waals surface area contributed by atoms with Gasteiger partial charge in [-0.3, -0.25) is 19.1 Å². The van der Waals surface area contributed by atoms with Gasteiger partial charge in [0, 0.05) is 18.4 Å². The summed E-state index contributed by atoms with van der Waals surface area (Å²) in [5.41, 5.74) is 0.0343. The molecule has 8 nitrogen and oxygen atoms in total. The van der Waals surface area contributed by atoms with Crippen LogP contribution in [0, 0.1) is 11.3 Å². The van der Waals surface area contributed by atoms with Gasteiger partial charge in [-0.15, -0.1) is 0 Å².